The Balaban J connectivity index is 2.22. The van der Waals surface area contributed by atoms with Crippen LogP contribution >= 0.6 is 0 Å². The van der Waals surface area contributed by atoms with Gasteiger partial charge in [-0.05, 0) is 38.3 Å². The first kappa shape index (κ1) is 11.0. The number of rotatable bonds is 4. The van der Waals surface area contributed by atoms with E-state index in [1.54, 1.807) is 0 Å². The summed E-state index contributed by atoms with van der Waals surface area (Å²) < 4.78 is 0. The fourth-order valence-electron chi connectivity index (χ4n) is 2.33. The smallest absolute Gasteiger partial charge is 0.0105 e. The summed E-state index contributed by atoms with van der Waals surface area (Å²) >= 11 is 0. The first-order valence-corrected chi connectivity index (χ1v) is 5.79. The third kappa shape index (κ3) is 4.10. The monoisotopic (exact) mass is 184 g/mol. The van der Waals surface area contributed by atoms with E-state index in [-0.39, 0.29) is 0 Å². The Bertz CT molecular complexity index is 111. The molecule has 0 saturated carbocycles. The zero-order chi connectivity index (χ0) is 9.52. The Hall–Kier alpha value is -0.0800. The molecule has 1 atom stereocenters. The Kier molecular flexibility index (Phi) is 5.40. The summed E-state index contributed by atoms with van der Waals surface area (Å²) in [4.78, 5) is 2.52. The van der Waals surface area contributed by atoms with E-state index in [9.17, 15) is 0 Å². The Morgan fingerprint density at radius 2 is 2.15 bits per heavy atom. The SMILES string of the molecule is CCCC1CCCN(CCN)CC1. The molecule has 0 aromatic carbocycles. The van der Waals surface area contributed by atoms with Crippen molar-refractivity contribution in [1.82, 2.24) is 4.90 Å². The van der Waals surface area contributed by atoms with Crippen LogP contribution in [-0.2, 0) is 0 Å². The van der Waals surface area contributed by atoms with Gasteiger partial charge in [0.2, 0.25) is 0 Å². The molecule has 1 unspecified atom stereocenters. The van der Waals surface area contributed by atoms with E-state index in [0.717, 1.165) is 19.0 Å². The summed E-state index contributed by atoms with van der Waals surface area (Å²) in [5.74, 6) is 0.993. The summed E-state index contributed by atoms with van der Waals surface area (Å²) in [7, 11) is 0. The van der Waals surface area contributed by atoms with Gasteiger partial charge in [-0.3, -0.25) is 0 Å². The molecule has 1 saturated heterocycles. The highest BCUT2D eigenvalue weighted by molar-refractivity contribution is 4.69. The van der Waals surface area contributed by atoms with Crippen molar-refractivity contribution in [3.8, 4) is 0 Å². The average molecular weight is 184 g/mol. The molecule has 0 spiro atoms. The quantitative estimate of drug-likeness (QED) is 0.722. The van der Waals surface area contributed by atoms with Crippen molar-refractivity contribution in [2.45, 2.75) is 39.0 Å². The van der Waals surface area contributed by atoms with Crippen molar-refractivity contribution >= 4 is 0 Å². The van der Waals surface area contributed by atoms with Crippen molar-refractivity contribution in [3.05, 3.63) is 0 Å². The van der Waals surface area contributed by atoms with Crippen LogP contribution in [0.25, 0.3) is 0 Å². The van der Waals surface area contributed by atoms with Gasteiger partial charge in [-0.15, -0.1) is 0 Å². The van der Waals surface area contributed by atoms with Crippen LogP contribution in [0.4, 0.5) is 0 Å². The maximum Gasteiger partial charge on any atom is 0.0105 e. The molecule has 0 aromatic rings. The van der Waals surface area contributed by atoms with Gasteiger partial charge < -0.3 is 10.6 Å². The number of nitrogens with zero attached hydrogens (tertiary/aromatic N) is 1. The van der Waals surface area contributed by atoms with Crippen molar-refractivity contribution < 1.29 is 0 Å². The minimum absolute atomic E-state index is 0.818. The lowest BCUT2D eigenvalue weighted by atomic mass is 9.96. The van der Waals surface area contributed by atoms with Crippen LogP contribution in [0.2, 0.25) is 0 Å². The molecule has 1 aliphatic rings. The molecule has 78 valence electrons. The van der Waals surface area contributed by atoms with Gasteiger partial charge in [0, 0.05) is 13.1 Å². The molecule has 1 rings (SSSR count). The zero-order valence-electron chi connectivity index (χ0n) is 8.97. The minimum Gasteiger partial charge on any atom is -0.329 e. The summed E-state index contributed by atoms with van der Waals surface area (Å²) in [6.45, 7) is 6.76. The van der Waals surface area contributed by atoms with E-state index in [1.807, 2.05) is 0 Å². The number of likely N-dealkylation sites (tertiary alicyclic amines) is 1. The fourth-order valence-corrected chi connectivity index (χ4v) is 2.33. The van der Waals surface area contributed by atoms with Gasteiger partial charge in [-0.1, -0.05) is 19.8 Å². The van der Waals surface area contributed by atoms with E-state index in [4.69, 9.17) is 5.73 Å². The van der Waals surface area contributed by atoms with Crippen molar-refractivity contribution in [3.63, 3.8) is 0 Å². The molecule has 2 nitrogen and oxygen atoms in total. The predicted octanol–water partition coefficient (Wildman–Crippen LogP) is 1.85. The van der Waals surface area contributed by atoms with Crippen molar-refractivity contribution in [2.75, 3.05) is 26.2 Å². The topological polar surface area (TPSA) is 29.3 Å². The molecular weight excluding hydrogens is 160 g/mol. The molecule has 1 aliphatic heterocycles. The molecule has 2 heteroatoms. The standard InChI is InChI=1S/C11H24N2/c1-2-4-11-5-3-8-13(9-6-11)10-7-12/h11H,2-10,12H2,1H3. The van der Waals surface area contributed by atoms with Gasteiger partial charge in [0.1, 0.15) is 0 Å². The lowest BCUT2D eigenvalue weighted by molar-refractivity contribution is 0.287. The summed E-state index contributed by atoms with van der Waals surface area (Å²) in [6, 6.07) is 0. The molecule has 0 aliphatic carbocycles. The lowest BCUT2D eigenvalue weighted by Gasteiger charge is -2.18. The number of nitrogens with two attached hydrogens (primary N) is 1. The molecule has 2 N–H and O–H groups in total. The molecular formula is C11H24N2. The fraction of sp³-hybridized carbons (Fsp3) is 1.00. The van der Waals surface area contributed by atoms with Crippen LogP contribution in [-0.4, -0.2) is 31.1 Å². The van der Waals surface area contributed by atoms with Crippen LogP contribution in [0.1, 0.15) is 39.0 Å². The second kappa shape index (κ2) is 6.39. The largest absolute Gasteiger partial charge is 0.329 e. The summed E-state index contributed by atoms with van der Waals surface area (Å²) in [5, 5.41) is 0. The van der Waals surface area contributed by atoms with Gasteiger partial charge in [-0.25, -0.2) is 0 Å². The van der Waals surface area contributed by atoms with Gasteiger partial charge >= 0.3 is 0 Å². The van der Waals surface area contributed by atoms with E-state index in [2.05, 4.69) is 11.8 Å². The highest BCUT2D eigenvalue weighted by Gasteiger charge is 2.15. The third-order valence-corrected chi connectivity index (χ3v) is 3.08. The molecule has 1 heterocycles. The molecule has 0 bridgehead atoms. The second-order valence-electron chi connectivity index (χ2n) is 4.22. The zero-order valence-corrected chi connectivity index (χ0v) is 8.97. The minimum atomic E-state index is 0.818. The third-order valence-electron chi connectivity index (χ3n) is 3.08. The van der Waals surface area contributed by atoms with Gasteiger partial charge in [-0.2, -0.15) is 0 Å². The maximum atomic E-state index is 5.56. The van der Waals surface area contributed by atoms with Gasteiger partial charge in [0.05, 0.1) is 0 Å². The first-order chi connectivity index (χ1) is 6.36. The van der Waals surface area contributed by atoms with E-state index < -0.39 is 0 Å². The number of hydrogen-bond donors (Lipinski definition) is 1. The summed E-state index contributed by atoms with van der Waals surface area (Å²) in [5.41, 5.74) is 5.56. The maximum absolute atomic E-state index is 5.56. The first-order valence-electron chi connectivity index (χ1n) is 5.79. The predicted molar refractivity (Wildman–Crippen MR) is 57.7 cm³/mol. The van der Waals surface area contributed by atoms with Crippen LogP contribution in [0, 0.1) is 5.92 Å². The Morgan fingerprint density at radius 1 is 1.31 bits per heavy atom. The Morgan fingerprint density at radius 3 is 2.85 bits per heavy atom. The van der Waals surface area contributed by atoms with Crippen LogP contribution in [0.15, 0.2) is 0 Å². The highest BCUT2D eigenvalue weighted by Crippen LogP contribution is 2.21. The normalized spacial score (nSPS) is 25.8. The van der Waals surface area contributed by atoms with Crippen LogP contribution in [0.5, 0.6) is 0 Å². The highest BCUT2D eigenvalue weighted by atomic mass is 15.1. The van der Waals surface area contributed by atoms with Crippen molar-refractivity contribution in [1.29, 1.82) is 0 Å². The lowest BCUT2D eigenvalue weighted by Crippen LogP contribution is -2.30. The van der Waals surface area contributed by atoms with Gasteiger partial charge in [0.25, 0.3) is 0 Å². The van der Waals surface area contributed by atoms with E-state index in [0.29, 0.717) is 0 Å². The molecule has 0 aromatic heterocycles. The second-order valence-corrected chi connectivity index (χ2v) is 4.22. The van der Waals surface area contributed by atoms with E-state index >= 15 is 0 Å². The Labute approximate surface area is 82.5 Å². The van der Waals surface area contributed by atoms with E-state index in [1.165, 1.54) is 45.2 Å². The molecule has 13 heavy (non-hydrogen) atoms. The molecule has 0 amide bonds. The summed E-state index contributed by atoms with van der Waals surface area (Å²) in [6.07, 6.45) is 6.99. The number of hydrogen-bond acceptors (Lipinski definition) is 2. The van der Waals surface area contributed by atoms with Gasteiger partial charge in [0.15, 0.2) is 0 Å². The average Bonchev–Trinajstić information content (AvgIpc) is 2.33. The van der Waals surface area contributed by atoms with Crippen LogP contribution in [0.3, 0.4) is 0 Å². The molecule has 0 radical (unpaired) electrons. The molecule has 1 fully saturated rings. The van der Waals surface area contributed by atoms with Crippen LogP contribution < -0.4 is 5.73 Å². The van der Waals surface area contributed by atoms with Crippen molar-refractivity contribution in [2.24, 2.45) is 11.7 Å².